The summed E-state index contributed by atoms with van der Waals surface area (Å²) in [4.78, 5) is 7.36. The van der Waals surface area contributed by atoms with E-state index in [9.17, 15) is 0 Å². The van der Waals surface area contributed by atoms with Crippen LogP contribution in [0.1, 0.15) is 56.7 Å². The normalized spacial score (nSPS) is 18.0. The standard InChI is InChI=1S/C21H30N6.HI/c1-5-21(6-2)14-27(18-10-8-7-9-17(18)21)20(23-16-11-12-16)22-13-19-25-24-15(3)26(19)4;/h7-10,16H,5-6,11-14H2,1-4H3,(H,22,23);1H. The highest BCUT2D eigenvalue weighted by molar-refractivity contribution is 14.0. The molecule has 0 unspecified atom stereocenters. The van der Waals surface area contributed by atoms with E-state index in [0.717, 1.165) is 37.0 Å². The van der Waals surface area contributed by atoms with Gasteiger partial charge in [-0.25, -0.2) is 4.99 Å². The Labute approximate surface area is 184 Å². The molecule has 6 nitrogen and oxygen atoms in total. The van der Waals surface area contributed by atoms with Gasteiger partial charge in [-0.3, -0.25) is 0 Å². The Morgan fingerprint density at radius 1 is 1.21 bits per heavy atom. The quantitative estimate of drug-likeness (QED) is 0.389. The fourth-order valence-corrected chi connectivity index (χ4v) is 4.03. The Kier molecular flexibility index (Phi) is 6.31. The maximum Gasteiger partial charge on any atom is 0.199 e. The number of rotatable bonds is 5. The average Bonchev–Trinajstić information content (AvgIpc) is 3.38. The number of guanidine groups is 1. The first kappa shape index (κ1) is 21.1. The predicted molar refractivity (Wildman–Crippen MR) is 124 cm³/mol. The van der Waals surface area contributed by atoms with E-state index in [1.54, 1.807) is 0 Å². The third-order valence-electron chi connectivity index (χ3n) is 6.30. The molecule has 2 aliphatic rings. The van der Waals surface area contributed by atoms with Crippen LogP contribution in [0.2, 0.25) is 0 Å². The summed E-state index contributed by atoms with van der Waals surface area (Å²) in [6.07, 6.45) is 4.72. The van der Waals surface area contributed by atoms with Gasteiger partial charge in [0.2, 0.25) is 0 Å². The summed E-state index contributed by atoms with van der Waals surface area (Å²) in [5.41, 5.74) is 2.95. The van der Waals surface area contributed by atoms with Crippen LogP contribution in [0.3, 0.4) is 0 Å². The zero-order valence-corrected chi connectivity index (χ0v) is 19.6. The average molecular weight is 494 g/mol. The van der Waals surface area contributed by atoms with Crippen LogP contribution >= 0.6 is 24.0 Å². The van der Waals surface area contributed by atoms with Gasteiger partial charge in [0.15, 0.2) is 11.8 Å². The van der Waals surface area contributed by atoms with Crippen LogP contribution in [0.5, 0.6) is 0 Å². The van der Waals surface area contributed by atoms with Gasteiger partial charge >= 0.3 is 0 Å². The molecule has 0 spiro atoms. The molecule has 1 N–H and O–H groups in total. The minimum absolute atomic E-state index is 0. The number of fused-ring (bicyclic) bond motifs is 1. The molecule has 152 valence electrons. The van der Waals surface area contributed by atoms with E-state index >= 15 is 0 Å². The van der Waals surface area contributed by atoms with Crippen LogP contribution in [0.15, 0.2) is 29.3 Å². The van der Waals surface area contributed by atoms with E-state index in [-0.39, 0.29) is 29.4 Å². The van der Waals surface area contributed by atoms with Crippen molar-refractivity contribution in [3.8, 4) is 0 Å². The highest BCUT2D eigenvalue weighted by Gasteiger charge is 2.42. The second kappa shape index (κ2) is 8.39. The number of aliphatic imine (C=N–C) groups is 1. The van der Waals surface area contributed by atoms with Crippen LogP contribution in [0, 0.1) is 6.92 Å². The molecule has 4 rings (SSSR count). The van der Waals surface area contributed by atoms with E-state index in [4.69, 9.17) is 4.99 Å². The predicted octanol–water partition coefficient (Wildman–Crippen LogP) is 3.93. The zero-order valence-electron chi connectivity index (χ0n) is 17.3. The number of hydrogen-bond donors (Lipinski definition) is 1. The lowest BCUT2D eigenvalue weighted by atomic mass is 9.78. The van der Waals surface area contributed by atoms with Crippen LogP contribution in [-0.4, -0.2) is 33.3 Å². The van der Waals surface area contributed by atoms with Crippen molar-refractivity contribution in [2.24, 2.45) is 12.0 Å². The molecular formula is C21H31IN6. The van der Waals surface area contributed by atoms with Crippen molar-refractivity contribution in [1.82, 2.24) is 20.1 Å². The number of nitrogens with zero attached hydrogens (tertiary/aromatic N) is 5. The summed E-state index contributed by atoms with van der Waals surface area (Å²) < 4.78 is 2.01. The van der Waals surface area contributed by atoms with Crippen molar-refractivity contribution in [2.45, 2.75) is 64.5 Å². The van der Waals surface area contributed by atoms with Gasteiger partial charge in [-0.2, -0.15) is 0 Å². The monoisotopic (exact) mass is 494 g/mol. The molecule has 0 bridgehead atoms. The third-order valence-corrected chi connectivity index (χ3v) is 6.30. The van der Waals surface area contributed by atoms with E-state index in [2.05, 4.69) is 58.5 Å². The summed E-state index contributed by atoms with van der Waals surface area (Å²) in [6, 6.07) is 9.38. The van der Waals surface area contributed by atoms with Gasteiger partial charge in [0.05, 0.1) is 0 Å². The van der Waals surface area contributed by atoms with Gasteiger partial charge in [-0.05, 0) is 44.2 Å². The molecule has 1 fully saturated rings. The first-order valence-corrected chi connectivity index (χ1v) is 10.1. The first-order chi connectivity index (χ1) is 13.1. The lowest BCUT2D eigenvalue weighted by molar-refractivity contribution is 0.428. The molecular weight excluding hydrogens is 463 g/mol. The maximum absolute atomic E-state index is 4.97. The number of hydrogen-bond acceptors (Lipinski definition) is 3. The van der Waals surface area contributed by atoms with Crippen molar-refractivity contribution in [1.29, 1.82) is 0 Å². The Morgan fingerprint density at radius 3 is 2.54 bits per heavy atom. The van der Waals surface area contributed by atoms with Gasteiger partial charge in [0.25, 0.3) is 0 Å². The molecule has 1 aromatic heterocycles. The molecule has 2 heterocycles. The Bertz CT molecular complexity index is 850. The summed E-state index contributed by atoms with van der Waals surface area (Å²) in [5.74, 6) is 2.79. The van der Waals surface area contributed by atoms with Crippen LogP contribution in [-0.2, 0) is 19.0 Å². The first-order valence-electron chi connectivity index (χ1n) is 10.1. The highest BCUT2D eigenvalue weighted by Crippen LogP contribution is 2.45. The van der Waals surface area contributed by atoms with E-state index in [1.807, 2.05) is 18.5 Å². The van der Waals surface area contributed by atoms with E-state index in [1.165, 1.54) is 24.1 Å². The Balaban J connectivity index is 0.00000225. The third kappa shape index (κ3) is 3.77. The van der Waals surface area contributed by atoms with Crippen molar-refractivity contribution < 1.29 is 0 Å². The van der Waals surface area contributed by atoms with Crippen molar-refractivity contribution in [2.75, 3.05) is 11.4 Å². The summed E-state index contributed by atoms with van der Waals surface area (Å²) in [6.45, 7) is 8.09. The fourth-order valence-electron chi connectivity index (χ4n) is 4.03. The molecule has 1 aliphatic carbocycles. The summed E-state index contributed by atoms with van der Waals surface area (Å²) in [5, 5.41) is 12.1. The molecule has 7 heteroatoms. The molecule has 0 radical (unpaired) electrons. The minimum Gasteiger partial charge on any atom is -0.353 e. The van der Waals surface area contributed by atoms with Gasteiger partial charge in [0.1, 0.15) is 12.4 Å². The molecule has 1 aromatic carbocycles. The number of halogens is 1. The number of benzene rings is 1. The van der Waals surface area contributed by atoms with E-state index < -0.39 is 0 Å². The number of aromatic nitrogens is 3. The van der Waals surface area contributed by atoms with Gasteiger partial charge in [0, 0.05) is 30.7 Å². The highest BCUT2D eigenvalue weighted by atomic mass is 127. The van der Waals surface area contributed by atoms with Gasteiger partial charge in [-0.15, -0.1) is 34.2 Å². The topological polar surface area (TPSA) is 58.3 Å². The second-order valence-corrected chi connectivity index (χ2v) is 7.87. The number of nitrogens with one attached hydrogen (secondary N) is 1. The van der Waals surface area contributed by atoms with Crippen molar-refractivity contribution in [3.05, 3.63) is 41.5 Å². The molecule has 0 atom stereocenters. The second-order valence-electron chi connectivity index (χ2n) is 7.87. The van der Waals surface area contributed by atoms with Crippen LogP contribution < -0.4 is 10.2 Å². The zero-order chi connectivity index (χ0) is 19.0. The Morgan fingerprint density at radius 2 is 1.93 bits per heavy atom. The number of aryl methyl sites for hydroxylation is 1. The fraction of sp³-hybridized carbons (Fsp3) is 0.571. The molecule has 1 saturated carbocycles. The minimum atomic E-state index is 0. The molecule has 28 heavy (non-hydrogen) atoms. The van der Waals surface area contributed by atoms with E-state index in [0.29, 0.717) is 12.6 Å². The van der Waals surface area contributed by atoms with Gasteiger partial charge in [-0.1, -0.05) is 32.0 Å². The maximum atomic E-state index is 4.97. The van der Waals surface area contributed by atoms with Crippen LogP contribution in [0.4, 0.5) is 5.69 Å². The molecule has 0 saturated heterocycles. The lowest BCUT2D eigenvalue weighted by Crippen LogP contribution is -2.44. The van der Waals surface area contributed by atoms with Crippen LogP contribution in [0.25, 0.3) is 0 Å². The summed E-state index contributed by atoms with van der Waals surface area (Å²) >= 11 is 0. The smallest absolute Gasteiger partial charge is 0.199 e. The van der Waals surface area contributed by atoms with Crippen molar-refractivity contribution >= 4 is 35.6 Å². The lowest BCUT2D eigenvalue weighted by Gasteiger charge is -2.29. The molecule has 2 aromatic rings. The largest absolute Gasteiger partial charge is 0.353 e. The molecule has 1 aliphatic heterocycles. The number of anilines is 1. The Hall–Kier alpha value is -1.64. The van der Waals surface area contributed by atoms with Crippen molar-refractivity contribution in [3.63, 3.8) is 0 Å². The number of para-hydroxylation sites is 1. The summed E-state index contributed by atoms with van der Waals surface area (Å²) in [7, 11) is 2.00. The SMILES string of the molecule is CCC1(CC)CN(C(=NCc2nnc(C)n2C)NC2CC2)c2ccccc21.I. The van der Waals surface area contributed by atoms with Gasteiger partial charge < -0.3 is 14.8 Å². The molecule has 0 amide bonds.